The minimum absolute atomic E-state index is 0.0651. The van der Waals surface area contributed by atoms with E-state index in [1.54, 1.807) is 12.3 Å². The fraction of sp³-hybridized carbons (Fsp3) is 0.250. The molecule has 2 rings (SSSR count). The lowest BCUT2D eigenvalue weighted by molar-refractivity contribution is 0.233. The number of likely N-dealkylation sites (N-methyl/N-ethyl adjacent to an activating group) is 1. The number of urea groups is 1. The summed E-state index contributed by atoms with van der Waals surface area (Å²) in [6.07, 6.45) is 1.57. The van der Waals surface area contributed by atoms with Crippen LogP contribution in [0.15, 0.2) is 41.0 Å². The molecule has 0 aliphatic rings. The van der Waals surface area contributed by atoms with Crippen molar-refractivity contribution in [1.29, 1.82) is 5.26 Å². The smallest absolute Gasteiger partial charge is 0.319 e. The van der Waals surface area contributed by atoms with Crippen LogP contribution in [-0.4, -0.2) is 31.6 Å². The van der Waals surface area contributed by atoms with Crippen LogP contribution in [0.3, 0.4) is 0 Å². The molecule has 2 amide bonds. The summed E-state index contributed by atoms with van der Waals surface area (Å²) < 4.78 is 18.4. The normalized spacial score (nSPS) is 11.8. The van der Waals surface area contributed by atoms with Gasteiger partial charge in [-0.05, 0) is 44.4 Å². The van der Waals surface area contributed by atoms with Gasteiger partial charge in [0.05, 0.1) is 23.6 Å². The van der Waals surface area contributed by atoms with Crippen molar-refractivity contribution in [3.63, 3.8) is 0 Å². The number of nitrogens with one attached hydrogen (secondary N) is 2. The Morgan fingerprint density at radius 1 is 1.43 bits per heavy atom. The Morgan fingerprint density at radius 3 is 2.83 bits per heavy atom. The molecule has 1 heterocycles. The van der Waals surface area contributed by atoms with Gasteiger partial charge >= 0.3 is 6.03 Å². The van der Waals surface area contributed by atoms with Crippen LogP contribution in [0.2, 0.25) is 0 Å². The van der Waals surface area contributed by atoms with Crippen molar-refractivity contribution in [2.45, 2.75) is 6.04 Å². The van der Waals surface area contributed by atoms with Crippen molar-refractivity contribution < 1.29 is 13.6 Å². The van der Waals surface area contributed by atoms with Gasteiger partial charge in [0.15, 0.2) is 0 Å². The largest absolute Gasteiger partial charge is 0.468 e. The van der Waals surface area contributed by atoms with Gasteiger partial charge in [0.2, 0.25) is 0 Å². The lowest BCUT2D eigenvalue weighted by Gasteiger charge is -2.22. The van der Waals surface area contributed by atoms with Gasteiger partial charge in [-0.2, -0.15) is 5.26 Å². The summed E-state index contributed by atoms with van der Waals surface area (Å²) in [6.45, 7) is 0.315. The number of carbonyl (C=O) groups excluding carboxylic acids is 1. The molecule has 1 atom stereocenters. The zero-order valence-electron chi connectivity index (χ0n) is 12.8. The number of hydrogen-bond donors (Lipinski definition) is 2. The second-order valence-corrected chi connectivity index (χ2v) is 5.13. The van der Waals surface area contributed by atoms with Crippen LogP contribution in [0.25, 0.3) is 0 Å². The van der Waals surface area contributed by atoms with E-state index in [2.05, 4.69) is 10.6 Å². The summed E-state index contributed by atoms with van der Waals surface area (Å²) in [6, 6.07) is 8.45. The summed E-state index contributed by atoms with van der Waals surface area (Å²) in [7, 11) is 3.75. The first kappa shape index (κ1) is 16.5. The van der Waals surface area contributed by atoms with Crippen molar-refractivity contribution >= 4 is 11.7 Å². The first-order valence-corrected chi connectivity index (χ1v) is 6.95. The summed E-state index contributed by atoms with van der Waals surface area (Å²) >= 11 is 0. The maximum atomic E-state index is 13.1. The molecule has 0 radical (unpaired) electrons. The van der Waals surface area contributed by atoms with Crippen molar-refractivity contribution in [1.82, 2.24) is 10.2 Å². The van der Waals surface area contributed by atoms with Crippen LogP contribution in [0.1, 0.15) is 17.4 Å². The van der Waals surface area contributed by atoms with Gasteiger partial charge in [0.1, 0.15) is 17.6 Å². The van der Waals surface area contributed by atoms with E-state index in [-0.39, 0.29) is 17.3 Å². The molecule has 2 aromatic rings. The Hall–Kier alpha value is -2.85. The van der Waals surface area contributed by atoms with Crippen LogP contribution < -0.4 is 10.6 Å². The number of amides is 2. The molecular weight excluding hydrogens is 299 g/mol. The van der Waals surface area contributed by atoms with Crippen molar-refractivity contribution in [3.05, 3.63) is 53.7 Å². The molecule has 120 valence electrons. The van der Waals surface area contributed by atoms with E-state index in [4.69, 9.17) is 9.68 Å². The van der Waals surface area contributed by atoms with Crippen LogP contribution in [0.5, 0.6) is 0 Å². The molecule has 0 saturated carbocycles. The van der Waals surface area contributed by atoms with Crippen molar-refractivity contribution in [2.75, 3.05) is 26.0 Å². The zero-order chi connectivity index (χ0) is 16.8. The number of nitrogens with zero attached hydrogens (tertiary/aromatic N) is 2. The summed E-state index contributed by atoms with van der Waals surface area (Å²) in [5, 5.41) is 14.2. The van der Waals surface area contributed by atoms with E-state index in [1.165, 1.54) is 12.1 Å². The molecule has 0 bridgehead atoms. The summed E-state index contributed by atoms with van der Waals surface area (Å²) in [5.74, 6) is 0.202. The predicted octanol–water partition coefficient (Wildman–Crippen LogP) is 2.71. The zero-order valence-corrected chi connectivity index (χ0v) is 12.8. The average molecular weight is 316 g/mol. The highest BCUT2D eigenvalue weighted by Crippen LogP contribution is 2.18. The Labute approximate surface area is 133 Å². The molecular formula is C16H17FN4O2. The van der Waals surface area contributed by atoms with Gasteiger partial charge < -0.3 is 15.1 Å². The van der Waals surface area contributed by atoms with E-state index in [0.717, 1.165) is 11.8 Å². The molecule has 1 aromatic heterocycles. The molecule has 0 aliphatic carbocycles. The monoisotopic (exact) mass is 316 g/mol. The third-order valence-electron chi connectivity index (χ3n) is 3.30. The Kier molecular flexibility index (Phi) is 5.33. The first-order valence-electron chi connectivity index (χ1n) is 6.95. The fourth-order valence-electron chi connectivity index (χ4n) is 2.09. The second kappa shape index (κ2) is 7.42. The lowest BCUT2D eigenvalue weighted by atomic mass is 10.2. The average Bonchev–Trinajstić information content (AvgIpc) is 3.03. The van der Waals surface area contributed by atoms with E-state index in [1.807, 2.05) is 31.1 Å². The topological polar surface area (TPSA) is 81.3 Å². The summed E-state index contributed by atoms with van der Waals surface area (Å²) in [5.41, 5.74) is 0.321. The minimum atomic E-state index is -0.530. The molecule has 0 saturated heterocycles. The van der Waals surface area contributed by atoms with E-state index >= 15 is 0 Å². The summed E-state index contributed by atoms with van der Waals surface area (Å²) in [4.78, 5) is 13.9. The Morgan fingerprint density at radius 2 is 2.22 bits per heavy atom. The molecule has 1 aromatic carbocycles. The number of nitriles is 1. The van der Waals surface area contributed by atoms with Crippen molar-refractivity contribution in [3.8, 4) is 6.07 Å². The maximum Gasteiger partial charge on any atom is 0.319 e. The van der Waals surface area contributed by atoms with Crippen LogP contribution in [0, 0.1) is 17.1 Å². The van der Waals surface area contributed by atoms with E-state index in [9.17, 15) is 9.18 Å². The number of carbonyl (C=O) groups is 1. The Bertz CT molecular complexity index is 707. The molecule has 0 fully saturated rings. The molecule has 7 heteroatoms. The number of halogens is 1. The number of rotatable bonds is 5. The third kappa shape index (κ3) is 4.31. The molecule has 2 N–H and O–H groups in total. The van der Waals surface area contributed by atoms with Crippen LogP contribution in [0.4, 0.5) is 14.9 Å². The van der Waals surface area contributed by atoms with Crippen molar-refractivity contribution in [2.24, 2.45) is 0 Å². The maximum absolute atomic E-state index is 13.1. The van der Waals surface area contributed by atoms with Crippen LogP contribution >= 0.6 is 0 Å². The number of anilines is 1. The number of benzene rings is 1. The number of hydrogen-bond acceptors (Lipinski definition) is 4. The quantitative estimate of drug-likeness (QED) is 0.888. The minimum Gasteiger partial charge on any atom is -0.468 e. The highest BCUT2D eigenvalue weighted by atomic mass is 19.1. The molecule has 0 aliphatic heterocycles. The van der Waals surface area contributed by atoms with Gasteiger partial charge in [-0.15, -0.1) is 0 Å². The van der Waals surface area contributed by atoms with Gasteiger partial charge in [0, 0.05) is 6.54 Å². The van der Waals surface area contributed by atoms with E-state index in [0.29, 0.717) is 6.54 Å². The van der Waals surface area contributed by atoms with Crippen LogP contribution in [-0.2, 0) is 0 Å². The Balaban J connectivity index is 1.99. The van der Waals surface area contributed by atoms with Gasteiger partial charge in [0.25, 0.3) is 0 Å². The van der Waals surface area contributed by atoms with Gasteiger partial charge in [-0.3, -0.25) is 4.90 Å². The lowest BCUT2D eigenvalue weighted by Crippen LogP contribution is -2.36. The molecule has 1 unspecified atom stereocenters. The fourth-order valence-corrected chi connectivity index (χ4v) is 2.09. The van der Waals surface area contributed by atoms with Gasteiger partial charge in [-0.1, -0.05) is 0 Å². The third-order valence-corrected chi connectivity index (χ3v) is 3.30. The molecule has 23 heavy (non-hydrogen) atoms. The second-order valence-electron chi connectivity index (χ2n) is 5.13. The standard InChI is InChI=1S/C16H17FN4O2/c1-21(2)14(15-4-3-7-23-15)10-19-16(22)20-13-6-5-12(17)8-11(13)9-18/h3-8,14H,10H2,1-2H3,(H2,19,20,22). The first-order chi connectivity index (χ1) is 11.0. The SMILES string of the molecule is CN(C)C(CNC(=O)Nc1ccc(F)cc1C#N)c1ccco1. The highest BCUT2D eigenvalue weighted by Gasteiger charge is 2.18. The van der Waals surface area contributed by atoms with E-state index < -0.39 is 11.8 Å². The highest BCUT2D eigenvalue weighted by molar-refractivity contribution is 5.90. The molecule has 6 nitrogen and oxygen atoms in total. The number of furan rings is 1. The van der Waals surface area contributed by atoms with Gasteiger partial charge in [-0.25, -0.2) is 9.18 Å². The molecule has 0 spiro atoms. The predicted molar refractivity (Wildman–Crippen MR) is 83.3 cm³/mol.